The van der Waals surface area contributed by atoms with Crippen molar-refractivity contribution in [2.45, 2.75) is 13.8 Å². The zero-order valence-corrected chi connectivity index (χ0v) is 30.7. The van der Waals surface area contributed by atoms with Crippen molar-refractivity contribution in [1.82, 2.24) is 4.57 Å². The highest BCUT2D eigenvalue weighted by atomic mass is 15.2. The van der Waals surface area contributed by atoms with Crippen molar-refractivity contribution in [3.05, 3.63) is 193 Å². The number of nitrogens with zero attached hydrogens (tertiary/aromatic N) is 2. The van der Waals surface area contributed by atoms with Crippen LogP contribution in [0.25, 0.3) is 92.5 Å². The molecule has 2 nitrogen and oxygen atoms in total. The van der Waals surface area contributed by atoms with Crippen LogP contribution >= 0.6 is 0 Å². The summed E-state index contributed by atoms with van der Waals surface area (Å²) in [5.74, 6) is 1.19. The minimum atomic E-state index is 1.19. The van der Waals surface area contributed by atoms with Crippen molar-refractivity contribution >= 4 is 75.7 Å². The summed E-state index contributed by atoms with van der Waals surface area (Å²) < 4.78 is 4.70. The summed E-state index contributed by atoms with van der Waals surface area (Å²) in [7, 11) is 2.16. The Bertz CT molecular complexity index is 3110. The highest BCUT2D eigenvalue weighted by molar-refractivity contribution is 6.03. The molecule has 12 bridgehead atoms. The van der Waals surface area contributed by atoms with Gasteiger partial charge in [-0.3, -0.25) is 0 Å². The Morgan fingerprint density at radius 2 is 0.741 bits per heavy atom. The van der Waals surface area contributed by atoms with E-state index in [0.29, 0.717) is 0 Å². The number of hydrogen-bond donors (Lipinski definition) is 0. The van der Waals surface area contributed by atoms with E-state index >= 15 is 0 Å². The first-order valence-electron chi connectivity index (χ1n) is 18.7. The van der Waals surface area contributed by atoms with Crippen molar-refractivity contribution in [2.24, 2.45) is 7.05 Å². The second-order valence-electron chi connectivity index (χ2n) is 14.6. The summed E-state index contributed by atoms with van der Waals surface area (Å²) in [6.07, 6.45) is 0. The van der Waals surface area contributed by atoms with Crippen LogP contribution < -0.4 is 4.57 Å². The van der Waals surface area contributed by atoms with E-state index in [-0.39, 0.29) is 0 Å². The predicted molar refractivity (Wildman–Crippen MR) is 231 cm³/mol. The number of aryl methyl sites for hydroxylation is 2. The van der Waals surface area contributed by atoms with Crippen molar-refractivity contribution < 1.29 is 4.57 Å². The van der Waals surface area contributed by atoms with Crippen molar-refractivity contribution in [1.29, 1.82) is 0 Å². The average molecular weight is 692 g/mol. The molecule has 1 heterocycles. The van der Waals surface area contributed by atoms with Crippen LogP contribution in [0.1, 0.15) is 11.4 Å². The van der Waals surface area contributed by atoms with E-state index in [9.17, 15) is 0 Å². The maximum absolute atomic E-state index is 2.40. The molecule has 1 aromatic heterocycles. The lowest BCUT2D eigenvalue weighted by atomic mass is 9.97. The summed E-state index contributed by atoms with van der Waals surface area (Å²) in [6, 6.07) is 67.5. The minimum Gasteiger partial charge on any atom is -0.230 e. The first-order chi connectivity index (χ1) is 26.5. The third-order valence-electron chi connectivity index (χ3n) is 11.3. The highest BCUT2D eigenvalue weighted by Crippen LogP contribution is 2.33. The maximum Gasteiger partial charge on any atom is 0.259 e. The normalized spacial score (nSPS) is 11.6. The van der Waals surface area contributed by atoms with Crippen molar-refractivity contribution in [2.75, 3.05) is 0 Å². The van der Waals surface area contributed by atoms with Crippen LogP contribution in [0, 0.1) is 13.8 Å². The standard InChI is InChI=1S/C52H39N2/c1-34-11-4-5-22-50(34)54-35(2)53(3)51-24-23-46(33-52(51)54)49-31-47-30-48(32-49)45-21-10-19-43(29-45)41-17-8-15-39(27-41)37-13-6-12-36(25-37)38-14-7-16-40(26-38)42-18-9-20-44(47)28-42/h4-33H,1-3H3/q+1. The Morgan fingerprint density at radius 3 is 1.17 bits per heavy atom. The Labute approximate surface area is 314 Å². The fourth-order valence-electron chi connectivity index (χ4n) is 8.30. The van der Waals surface area contributed by atoms with E-state index < -0.39 is 0 Å². The summed E-state index contributed by atoms with van der Waals surface area (Å²) in [5.41, 5.74) is 7.25. The lowest BCUT2D eigenvalue weighted by Gasteiger charge is -2.07. The molecule has 0 atom stereocenters. The molecule has 0 N–H and O–H groups in total. The number of rotatable bonds is 2. The highest BCUT2D eigenvalue weighted by Gasteiger charge is 2.22. The molecular weight excluding hydrogens is 653 g/mol. The zero-order chi connectivity index (χ0) is 36.3. The summed E-state index contributed by atoms with van der Waals surface area (Å²) in [6.45, 7) is 4.40. The molecule has 0 radical (unpaired) electrons. The molecule has 0 fully saturated rings. The molecule has 0 aliphatic heterocycles. The molecule has 0 amide bonds. The Morgan fingerprint density at radius 1 is 0.352 bits per heavy atom. The molecular formula is C52H39N2+. The largest absolute Gasteiger partial charge is 0.259 e. The molecule has 10 rings (SSSR count). The van der Waals surface area contributed by atoms with Crippen LogP contribution in [0.3, 0.4) is 0 Å². The Kier molecular flexibility index (Phi) is 7.52. The monoisotopic (exact) mass is 691 g/mol. The molecule has 2 heteroatoms. The molecule has 0 aliphatic rings. The Hall–Kier alpha value is -6.77. The third-order valence-corrected chi connectivity index (χ3v) is 11.3. The quantitative estimate of drug-likeness (QED) is 0.160. The van der Waals surface area contributed by atoms with Gasteiger partial charge in [-0.25, -0.2) is 4.57 Å². The second-order valence-corrected chi connectivity index (χ2v) is 14.6. The van der Waals surface area contributed by atoms with E-state index in [1.807, 2.05) is 0 Å². The number of hydrogen-bond acceptors (Lipinski definition) is 0. The zero-order valence-electron chi connectivity index (χ0n) is 30.7. The van der Waals surface area contributed by atoms with Crippen LogP contribution in [0.2, 0.25) is 0 Å². The SMILES string of the molecule is Cc1ccccc1-n1c(C)[n+](C)c2ccc(-c3cc4cc(c3)c3cccc(c3)c3cccc(c3)c3cccc(c3)c3cccc(c3)c3cccc4c3)cc21. The van der Waals surface area contributed by atoms with Crippen LogP contribution in [-0.2, 0) is 7.05 Å². The van der Waals surface area contributed by atoms with E-state index in [4.69, 9.17) is 0 Å². The van der Waals surface area contributed by atoms with E-state index in [1.165, 1.54) is 104 Å². The van der Waals surface area contributed by atoms with E-state index in [1.54, 1.807) is 0 Å². The average Bonchev–Trinajstić information content (AvgIpc) is 3.48. The van der Waals surface area contributed by atoms with Gasteiger partial charge in [0.15, 0.2) is 11.0 Å². The van der Waals surface area contributed by atoms with Gasteiger partial charge in [0.1, 0.15) is 5.69 Å². The van der Waals surface area contributed by atoms with Crippen LogP contribution in [0.15, 0.2) is 182 Å². The topological polar surface area (TPSA) is 8.81 Å². The second kappa shape index (κ2) is 12.7. The first kappa shape index (κ1) is 31.9. The van der Waals surface area contributed by atoms with Crippen molar-refractivity contribution in [3.63, 3.8) is 0 Å². The first-order valence-corrected chi connectivity index (χ1v) is 18.7. The van der Waals surface area contributed by atoms with Gasteiger partial charge in [-0.2, -0.15) is 4.57 Å². The predicted octanol–water partition coefficient (Wildman–Crippen LogP) is 13.3. The summed E-state index contributed by atoms with van der Waals surface area (Å²) >= 11 is 0. The fraction of sp³-hybridized carbons (Fsp3) is 0.0577. The number of benzene rings is 8. The molecule has 54 heavy (non-hydrogen) atoms. The van der Waals surface area contributed by atoms with Gasteiger partial charge < -0.3 is 0 Å². The molecule has 9 aromatic carbocycles. The van der Waals surface area contributed by atoms with Crippen LogP contribution in [0.4, 0.5) is 0 Å². The fourth-order valence-corrected chi connectivity index (χ4v) is 8.30. The Balaban J connectivity index is 1.32. The molecule has 0 aliphatic carbocycles. The maximum atomic E-state index is 2.40. The molecule has 256 valence electrons. The number of imidazole rings is 1. The smallest absolute Gasteiger partial charge is 0.230 e. The number of fused-ring (bicyclic) bond motifs is 19. The molecule has 0 saturated heterocycles. The number of para-hydroxylation sites is 1. The van der Waals surface area contributed by atoms with Crippen LogP contribution in [0.5, 0.6) is 0 Å². The number of aromatic nitrogens is 2. The molecule has 0 spiro atoms. The van der Waals surface area contributed by atoms with Gasteiger partial charge in [-0.05, 0) is 161 Å². The third kappa shape index (κ3) is 5.47. The summed E-state index contributed by atoms with van der Waals surface area (Å²) in [4.78, 5) is 0. The lowest BCUT2D eigenvalue weighted by Crippen LogP contribution is -2.30. The molecule has 0 saturated carbocycles. The van der Waals surface area contributed by atoms with Gasteiger partial charge in [0.25, 0.3) is 5.82 Å². The van der Waals surface area contributed by atoms with Crippen LogP contribution in [-0.4, -0.2) is 4.57 Å². The molecule has 10 aromatic rings. The van der Waals surface area contributed by atoms with Gasteiger partial charge in [-0.15, -0.1) is 0 Å². The van der Waals surface area contributed by atoms with Gasteiger partial charge in [0, 0.05) is 6.92 Å². The summed E-state index contributed by atoms with van der Waals surface area (Å²) in [5, 5.41) is 14.4. The lowest BCUT2D eigenvalue weighted by molar-refractivity contribution is -0.652. The van der Waals surface area contributed by atoms with Gasteiger partial charge >= 0.3 is 0 Å². The van der Waals surface area contributed by atoms with E-state index in [2.05, 4.69) is 212 Å². The van der Waals surface area contributed by atoms with Crippen molar-refractivity contribution in [3.8, 4) is 16.8 Å². The van der Waals surface area contributed by atoms with E-state index in [0.717, 1.165) is 0 Å². The molecule has 0 unspecified atom stereocenters. The van der Waals surface area contributed by atoms with Gasteiger partial charge in [0.05, 0.1) is 7.05 Å². The van der Waals surface area contributed by atoms with Gasteiger partial charge in [0.2, 0.25) is 0 Å². The van der Waals surface area contributed by atoms with Gasteiger partial charge in [-0.1, -0.05) is 109 Å². The minimum absolute atomic E-state index is 1.19.